The quantitative estimate of drug-likeness (QED) is 0.606. The van der Waals surface area contributed by atoms with Gasteiger partial charge in [-0.25, -0.2) is 0 Å². The van der Waals surface area contributed by atoms with E-state index in [1.54, 1.807) is 6.07 Å². The number of hydrogen-bond donors (Lipinski definition) is 1. The molecule has 0 aliphatic carbocycles. The van der Waals surface area contributed by atoms with Gasteiger partial charge in [0.25, 0.3) is 11.8 Å². The van der Waals surface area contributed by atoms with Gasteiger partial charge in [-0.3, -0.25) is 14.9 Å². The van der Waals surface area contributed by atoms with Crippen LogP contribution in [0.1, 0.15) is 40.1 Å². The molecular formula is C13H13NO2. The fraction of sp³-hybridized carbons (Fsp3) is 0.231. The Balaban J connectivity index is 2.45. The first-order valence-electron chi connectivity index (χ1n) is 5.20. The second-order valence-electron chi connectivity index (χ2n) is 4.11. The highest BCUT2D eigenvalue weighted by molar-refractivity contribution is 6.22. The molecule has 2 rings (SSSR count). The molecule has 0 saturated heterocycles. The summed E-state index contributed by atoms with van der Waals surface area (Å²) in [6.45, 7) is 4.02. The molecule has 1 aliphatic heterocycles. The standard InChI is InChI=1S/C13H13NO2/c1-8(2)6-7-9-4-3-5-10-11(9)13(16)14-12(10)15/h3-6H,7H2,1-2H3,(H,14,15,16). The van der Waals surface area contributed by atoms with Gasteiger partial charge in [0, 0.05) is 0 Å². The number of fused-ring (bicyclic) bond motifs is 1. The van der Waals surface area contributed by atoms with Crippen LogP contribution in [0.5, 0.6) is 0 Å². The second kappa shape index (κ2) is 3.93. The van der Waals surface area contributed by atoms with Crippen molar-refractivity contribution in [3.8, 4) is 0 Å². The molecule has 2 amide bonds. The molecule has 0 atom stereocenters. The van der Waals surface area contributed by atoms with Crippen LogP contribution in [0.25, 0.3) is 0 Å². The van der Waals surface area contributed by atoms with Gasteiger partial charge in [0.1, 0.15) is 0 Å². The maximum atomic E-state index is 11.6. The zero-order chi connectivity index (χ0) is 11.7. The highest BCUT2D eigenvalue weighted by Gasteiger charge is 2.28. The predicted molar refractivity (Wildman–Crippen MR) is 61.4 cm³/mol. The Morgan fingerprint density at radius 2 is 2.00 bits per heavy atom. The molecule has 1 N–H and O–H groups in total. The molecule has 3 nitrogen and oxygen atoms in total. The van der Waals surface area contributed by atoms with Crippen molar-refractivity contribution in [1.82, 2.24) is 5.32 Å². The second-order valence-corrected chi connectivity index (χ2v) is 4.11. The maximum Gasteiger partial charge on any atom is 0.259 e. The van der Waals surface area contributed by atoms with Gasteiger partial charge in [-0.1, -0.05) is 23.8 Å². The fourth-order valence-electron chi connectivity index (χ4n) is 1.77. The summed E-state index contributed by atoms with van der Waals surface area (Å²) in [7, 11) is 0. The summed E-state index contributed by atoms with van der Waals surface area (Å²) in [6, 6.07) is 5.38. The van der Waals surface area contributed by atoms with Crippen molar-refractivity contribution >= 4 is 11.8 Å². The van der Waals surface area contributed by atoms with Crippen LogP contribution in [0.2, 0.25) is 0 Å². The number of hydrogen-bond acceptors (Lipinski definition) is 2. The van der Waals surface area contributed by atoms with E-state index in [4.69, 9.17) is 0 Å². The van der Waals surface area contributed by atoms with E-state index >= 15 is 0 Å². The van der Waals surface area contributed by atoms with Crippen LogP contribution in [-0.2, 0) is 6.42 Å². The molecule has 1 aromatic carbocycles. The van der Waals surface area contributed by atoms with E-state index < -0.39 is 0 Å². The number of carbonyl (C=O) groups is 2. The molecule has 0 spiro atoms. The normalized spacial score (nSPS) is 13.4. The van der Waals surface area contributed by atoms with Crippen LogP contribution in [0.15, 0.2) is 29.8 Å². The van der Waals surface area contributed by atoms with Crippen LogP contribution in [0, 0.1) is 0 Å². The molecule has 0 bridgehead atoms. The van der Waals surface area contributed by atoms with E-state index in [-0.39, 0.29) is 11.8 Å². The Morgan fingerprint density at radius 1 is 1.25 bits per heavy atom. The van der Waals surface area contributed by atoms with Crippen molar-refractivity contribution in [3.63, 3.8) is 0 Å². The molecular weight excluding hydrogens is 202 g/mol. The van der Waals surface area contributed by atoms with Crippen molar-refractivity contribution in [2.75, 3.05) is 0 Å². The number of benzene rings is 1. The summed E-state index contributed by atoms with van der Waals surface area (Å²) in [5.74, 6) is -0.572. The molecule has 0 aromatic heterocycles. The third-order valence-electron chi connectivity index (χ3n) is 2.58. The first-order chi connectivity index (χ1) is 7.59. The average Bonchev–Trinajstić information content (AvgIpc) is 2.52. The summed E-state index contributed by atoms with van der Waals surface area (Å²) in [5.41, 5.74) is 3.12. The van der Waals surface area contributed by atoms with Gasteiger partial charge >= 0.3 is 0 Å². The Labute approximate surface area is 94.2 Å². The Hall–Kier alpha value is -1.90. The minimum atomic E-state index is -0.293. The van der Waals surface area contributed by atoms with Gasteiger partial charge in [-0.2, -0.15) is 0 Å². The lowest BCUT2D eigenvalue weighted by Crippen LogP contribution is -2.20. The lowest BCUT2D eigenvalue weighted by molar-refractivity contribution is 0.0879. The third-order valence-corrected chi connectivity index (χ3v) is 2.58. The molecule has 1 heterocycles. The van der Waals surface area contributed by atoms with Gasteiger partial charge in [0.05, 0.1) is 11.1 Å². The average molecular weight is 215 g/mol. The first-order valence-corrected chi connectivity index (χ1v) is 5.20. The van der Waals surface area contributed by atoms with Crippen molar-refractivity contribution < 1.29 is 9.59 Å². The lowest BCUT2D eigenvalue weighted by Gasteiger charge is -2.02. The highest BCUT2D eigenvalue weighted by atomic mass is 16.2. The minimum absolute atomic E-state index is 0.280. The third kappa shape index (κ3) is 1.76. The number of allylic oxidation sites excluding steroid dienone is 2. The van der Waals surface area contributed by atoms with Gasteiger partial charge in [-0.05, 0) is 31.9 Å². The Bertz CT molecular complexity index is 497. The van der Waals surface area contributed by atoms with E-state index in [1.807, 2.05) is 32.1 Å². The van der Waals surface area contributed by atoms with Gasteiger partial charge < -0.3 is 0 Å². The Morgan fingerprint density at radius 3 is 2.69 bits per heavy atom. The number of nitrogens with one attached hydrogen (secondary N) is 1. The van der Waals surface area contributed by atoms with E-state index in [9.17, 15) is 9.59 Å². The van der Waals surface area contributed by atoms with E-state index in [0.29, 0.717) is 17.5 Å². The first kappa shape index (κ1) is 10.6. The van der Waals surface area contributed by atoms with Gasteiger partial charge in [0.15, 0.2) is 0 Å². The van der Waals surface area contributed by atoms with Crippen LogP contribution in [-0.4, -0.2) is 11.8 Å². The Kier molecular flexibility index (Phi) is 2.60. The largest absolute Gasteiger partial charge is 0.288 e. The summed E-state index contributed by atoms with van der Waals surface area (Å²) in [4.78, 5) is 23.0. The lowest BCUT2D eigenvalue weighted by atomic mass is 9.99. The van der Waals surface area contributed by atoms with Crippen molar-refractivity contribution in [2.24, 2.45) is 0 Å². The molecule has 0 fully saturated rings. The van der Waals surface area contributed by atoms with E-state index in [2.05, 4.69) is 5.32 Å². The van der Waals surface area contributed by atoms with Crippen molar-refractivity contribution in [3.05, 3.63) is 46.5 Å². The fourth-order valence-corrected chi connectivity index (χ4v) is 1.77. The van der Waals surface area contributed by atoms with E-state index in [1.165, 1.54) is 5.57 Å². The van der Waals surface area contributed by atoms with Crippen molar-refractivity contribution in [2.45, 2.75) is 20.3 Å². The van der Waals surface area contributed by atoms with Crippen LogP contribution >= 0.6 is 0 Å². The molecule has 16 heavy (non-hydrogen) atoms. The van der Waals surface area contributed by atoms with Crippen LogP contribution in [0.4, 0.5) is 0 Å². The zero-order valence-electron chi connectivity index (χ0n) is 9.33. The van der Waals surface area contributed by atoms with Crippen molar-refractivity contribution in [1.29, 1.82) is 0 Å². The minimum Gasteiger partial charge on any atom is -0.288 e. The van der Waals surface area contributed by atoms with E-state index in [0.717, 1.165) is 5.56 Å². The number of imide groups is 1. The summed E-state index contributed by atoms with van der Waals surface area (Å²) in [6.07, 6.45) is 2.73. The summed E-state index contributed by atoms with van der Waals surface area (Å²) in [5, 5.41) is 2.31. The number of carbonyl (C=O) groups excluding carboxylic acids is 2. The predicted octanol–water partition coefficient (Wildman–Crippen LogP) is 2.08. The zero-order valence-corrected chi connectivity index (χ0v) is 9.33. The maximum absolute atomic E-state index is 11.6. The molecule has 0 unspecified atom stereocenters. The molecule has 3 heteroatoms. The topological polar surface area (TPSA) is 46.2 Å². The number of rotatable bonds is 2. The summed E-state index contributed by atoms with van der Waals surface area (Å²) < 4.78 is 0. The SMILES string of the molecule is CC(C)=CCc1cccc2c1C(=O)NC2=O. The summed E-state index contributed by atoms with van der Waals surface area (Å²) >= 11 is 0. The van der Waals surface area contributed by atoms with Crippen LogP contribution in [0.3, 0.4) is 0 Å². The molecule has 0 saturated carbocycles. The van der Waals surface area contributed by atoms with Gasteiger partial charge in [0.2, 0.25) is 0 Å². The molecule has 82 valence electrons. The monoisotopic (exact) mass is 215 g/mol. The molecule has 1 aromatic rings. The number of amides is 2. The smallest absolute Gasteiger partial charge is 0.259 e. The van der Waals surface area contributed by atoms with Gasteiger partial charge in [-0.15, -0.1) is 0 Å². The molecule has 1 aliphatic rings. The molecule has 0 radical (unpaired) electrons. The van der Waals surface area contributed by atoms with Crippen LogP contribution < -0.4 is 5.32 Å². The highest BCUT2D eigenvalue weighted by Crippen LogP contribution is 2.20.